The van der Waals surface area contributed by atoms with E-state index in [0.717, 1.165) is 35.6 Å². The Kier molecular flexibility index (Phi) is 10.8. The zero-order valence-electron chi connectivity index (χ0n) is 17.4. The van der Waals surface area contributed by atoms with Crippen molar-refractivity contribution in [1.29, 1.82) is 0 Å². The zero-order valence-corrected chi connectivity index (χ0v) is 17.4. The van der Waals surface area contributed by atoms with Crippen molar-refractivity contribution in [3.8, 4) is 0 Å². The molecule has 0 radical (unpaired) electrons. The molecule has 0 amide bonds. The van der Waals surface area contributed by atoms with Crippen LogP contribution in [-0.4, -0.2) is 38.9 Å². The van der Waals surface area contributed by atoms with Gasteiger partial charge in [-0.2, -0.15) is 0 Å². The summed E-state index contributed by atoms with van der Waals surface area (Å²) in [7, 11) is 0. The first kappa shape index (κ1) is 22.8. The molecule has 2 N–H and O–H groups in total. The molecule has 0 aliphatic rings. The first-order valence-electron chi connectivity index (χ1n) is 10.2. The van der Waals surface area contributed by atoms with Crippen LogP contribution in [0.5, 0.6) is 0 Å². The Morgan fingerprint density at radius 3 is 2.48 bits per heavy atom. The average Bonchev–Trinajstić information content (AvgIpc) is 2.72. The van der Waals surface area contributed by atoms with Gasteiger partial charge in [0.2, 0.25) is 0 Å². The van der Waals surface area contributed by atoms with Crippen LogP contribution in [0.25, 0.3) is 0 Å². The minimum atomic E-state index is -0.204. The number of nitrogens with zero attached hydrogens (tertiary/aromatic N) is 1. The lowest BCUT2D eigenvalue weighted by Gasteiger charge is -2.12. The van der Waals surface area contributed by atoms with Crippen molar-refractivity contribution in [3.63, 3.8) is 0 Å². The van der Waals surface area contributed by atoms with Crippen LogP contribution in [0.4, 0.5) is 4.39 Å². The van der Waals surface area contributed by atoms with Crippen molar-refractivity contribution in [2.24, 2.45) is 4.99 Å². The van der Waals surface area contributed by atoms with E-state index in [2.05, 4.69) is 33.8 Å². The fraction of sp³-hybridized carbons (Fsp3) is 0.435. The molecule has 2 rings (SSSR count). The van der Waals surface area contributed by atoms with Gasteiger partial charge in [0.15, 0.2) is 5.96 Å². The van der Waals surface area contributed by atoms with E-state index in [1.54, 1.807) is 12.1 Å². The number of guanidine groups is 1. The van der Waals surface area contributed by atoms with Gasteiger partial charge in [0.05, 0.1) is 26.4 Å². The van der Waals surface area contributed by atoms with Gasteiger partial charge in [-0.1, -0.05) is 36.4 Å². The molecule has 6 heteroatoms. The van der Waals surface area contributed by atoms with Gasteiger partial charge in [0, 0.05) is 19.7 Å². The van der Waals surface area contributed by atoms with Crippen LogP contribution in [0, 0.1) is 5.82 Å². The molecule has 0 unspecified atom stereocenters. The summed E-state index contributed by atoms with van der Waals surface area (Å²) >= 11 is 0. The molecule has 0 aliphatic carbocycles. The zero-order chi connectivity index (χ0) is 20.7. The standard InChI is InChI=1S/C23H32FN3O2/c1-3-25-23(26-12-11-19-7-6-10-22(24)16-19)27-17-20-8-5-9-21(15-20)18-29-14-13-28-4-2/h5-10,15-16H,3-4,11-14,17-18H2,1-2H3,(H2,25,26,27). The van der Waals surface area contributed by atoms with E-state index in [0.29, 0.717) is 39.5 Å². The highest BCUT2D eigenvalue weighted by atomic mass is 19.1. The molecule has 0 heterocycles. The van der Waals surface area contributed by atoms with Gasteiger partial charge >= 0.3 is 0 Å². The van der Waals surface area contributed by atoms with Gasteiger partial charge in [-0.15, -0.1) is 0 Å². The summed E-state index contributed by atoms with van der Waals surface area (Å²) in [6.45, 7) is 8.53. The van der Waals surface area contributed by atoms with Crippen molar-refractivity contribution in [2.45, 2.75) is 33.4 Å². The average molecular weight is 402 g/mol. The van der Waals surface area contributed by atoms with E-state index in [-0.39, 0.29) is 5.82 Å². The second-order valence-electron chi connectivity index (χ2n) is 6.57. The lowest BCUT2D eigenvalue weighted by Crippen LogP contribution is -2.38. The normalized spacial score (nSPS) is 11.5. The van der Waals surface area contributed by atoms with Gasteiger partial charge in [-0.25, -0.2) is 9.38 Å². The third-order valence-corrected chi connectivity index (χ3v) is 4.20. The van der Waals surface area contributed by atoms with Crippen LogP contribution in [0.3, 0.4) is 0 Å². The summed E-state index contributed by atoms with van der Waals surface area (Å²) < 4.78 is 24.2. The van der Waals surface area contributed by atoms with Crippen LogP contribution in [0.1, 0.15) is 30.5 Å². The van der Waals surface area contributed by atoms with Crippen LogP contribution in [0.2, 0.25) is 0 Å². The Morgan fingerprint density at radius 2 is 1.69 bits per heavy atom. The van der Waals surface area contributed by atoms with Crippen molar-refractivity contribution in [1.82, 2.24) is 10.6 Å². The number of ether oxygens (including phenoxy) is 2. The van der Waals surface area contributed by atoms with Gasteiger partial charge in [-0.3, -0.25) is 0 Å². The van der Waals surface area contributed by atoms with Crippen LogP contribution in [0.15, 0.2) is 53.5 Å². The third kappa shape index (κ3) is 9.54. The van der Waals surface area contributed by atoms with E-state index in [1.165, 1.54) is 6.07 Å². The van der Waals surface area contributed by atoms with Gasteiger partial charge in [-0.05, 0) is 49.1 Å². The molecule has 0 aromatic heterocycles. The number of rotatable bonds is 12. The predicted molar refractivity (Wildman–Crippen MR) is 116 cm³/mol. The lowest BCUT2D eigenvalue weighted by atomic mass is 10.1. The first-order chi connectivity index (χ1) is 14.2. The molecular formula is C23H32FN3O2. The molecular weight excluding hydrogens is 369 g/mol. The summed E-state index contributed by atoms with van der Waals surface area (Å²) in [5.41, 5.74) is 3.21. The summed E-state index contributed by atoms with van der Waals surface area (Å²) in [5.74, 6) is 0.548. The number of hydrogen-bond acceptors (Lipinski definition) is 3. The number of benzene rings is 2. The van der Waals surface area contributed by atoms with Crippen LogP contribution >= 0.6 is 0 Å². The number of halogens is 1. The second kappa shape index (κ2) is 13.7. The van der Waals surface area contributed by atoms with Gasteiger partial charge in [0.1, 0.15) is 5.82 Å². The minimum absolute atomic E-state index is 0.204. The molecule has 0 bridgehead atoms. The number of aliphatic imine (C=N–C) groups is 1. The highest BCUT2D eigenvalue weighted by molar-refractivity contribution is 5.79. The highest BCUT2D eigenvalue weighted by Crippen LogP contribution is 2.08. The van der Waals surface area contributed by atoms with Crippen molar-refractivity contribution < 1.29 is 13.9 Å². The topological polar surface area (TPSA) is 54.9 Å². The van der Waals surface area contributed by atoms with E-state index in [4.69, 9.17) is 9.47 Å². The third-order valence-electron chi connectivity index (χ3n) is 4.20. The maximum atomic E-state index is 13.3. The molecule has 0 saturated heterocycles. The van der Waals surface area contributed by atoms with E-state index >= 15 is 0 Å². The van der Waals surface area contributed by atoms with E-state index in [1.807, 2.05) is 26.0 Å². The van der Waals surface area contributed by atoms with Crippen molar-refractivity contribution in [2.75, 3.05) is 32.9 Å². The summed E-state index contributed by atoms with van der Waals surface area (Å²) in [4.78, 5) is 4.65. The summed E-state index contributed by atoms with van der Waals surface area (Å²) in [6.07, 6.45) is 0.733. The lowest BCUT2D eigenvalue weighted by molar-refractivity contribution is 0.0453. The molecule has 2 aromatic rings. The Morgan fingerprint density at radius 1 is 0.931 bits per heavy atom. The maximum Gasteiger partial charge on any atom is 0.191 e. The highest BCUT2D eigenvalue weighted by Gasteiger charge is 2.01. The van der Waals surface area contributed by atoms with Crippen LogP contribution in [-0.2, 0) is 29.0 Å². The smallest absolute Gasteiger partial charge is 0.191 e. The Bertz CT molecular complexity index is 752. The van der Waals surface area contributed by atoms with E-state index < -0.39 is 0 Å². The molecule has 29 heavy (non-hydrogen) atoms. The van der Waals surface area contributed by atoms with Crippen molar-refractivity contribution in [3.05, 3.63) is 71.0 Å². The predicted octanol–water partition coefficient (Wildman–Crippen LogP) is 3.68. The minimum Gasteiger partial charge on any atom is -0.379 e. The Labute approximate surface area is 173 Å². The number of hydrogen-bond donors (Lipinski definition) is 2. The Balaban J connectivity index is 1.83. The van der Waals surface area contributed by atoms with Crippen LogP contribution < -0.4 is 10.6 Å². The first-order valence-corrected chi connectivity index (χ1v) is 10.2. The second-order valence-corrected chi connectivity index (χ2v) is 6.57. The maximum absolute atomic E-state index is 13.3. The van der Waals surface area contributed by atoms with Gasteiger partial charge in [0.25, 0.3) is 0 Å². The number of nitrogens with one attached hydrogen (secondary N) is 2. The molecule has 0 spiro atoms. The Hall–Kier alpha value is -2.44. The molecule has 158 valence electrons. The van der Waals surface area contributed by atoms with E-state index in [9.17, 15) is 4.39 Å². The molecule has 0 atom stereocenters. The SMILES string of the molecule is CCNC(=NCc1cccc(COCCOCC)c1)NCCc1cccc(F)c1. The molecule has 0 aliphatic heterocycles. The van der Waals surface area contributed by atoms with Crippen molar-refractivity contribution >= 4 is 5.96 Å². The molecule has 0 fully saturated rings. The fourth-order valence-electron chi connectivity index (χ4n) is 2.80. The molecule has 2 aromatic carbocycles. The van der Waals surface area contributed by atoms with Gasteiger partial charge < -0.3 is 20.1 Å². The quantitative estimate of drug-likeness (QED) is 0.324. The summed E-state index contributed by atoms with van der Waals surface area (Å²) in [6, 6.07) is 14.9. The largest absolute Gasteiger partial charge is 0.379 e. The molecule has 0 saturated carbocycles. The summed E-state index contributed by atoms with van der Waals surface area (Å²) in [5, 5.41) is 6.55. The fourth-order valence-corrected chi connectivity index (χ4v) is 2.80. The molecule has 5 nitrogen and oxygen atoms in total. The monoisotopic (exact) mass is 401 g/mol.